The Bertz CT molecular complexity index is 330. The molecule has 0 aromatic carbocycles. The molecule has 14 heavy (non-hydrogen) atoms. The molecule has 0 aliphatic rings. The van der Waals surface area contributed by atoms with E-state index in [0.717, 1.165) is 6.20 Å². The molecule has 0 amide bonds. The Kier molecular flexibility index (Phi) is 3.47. The zero-order valence-corrected chi connectivity index (χ0v) is 7.92. The summed E-state index contributed by atoms with van der Waals surface area (Å²) in [5, 5.41) is 3.70. The zero-order chi connectivity index (χ0) is 10.6. The molecule has 0 aliphatic heterocycles. The molecule has 1 aromatic heterocycles. The van der Waals surface area contributed by atoms with Crippen LogP contribution in [0.2, 0.25) is 5.02 Å². The molecule has 0 saturated carbocycles. The topological polar surface area (TPSA) is 89.3 Å². The highest BCUT2D eigenvalue weighted by Gasteiger charge is 2.06. The summed E-state index contributed by atoms with van der Waals surface area (Å²) in [7, 11) is 0. The summed E-state index contributed by atoms with van der Waals surface area (Å²) < 4.78 is 13.1. The summed E-state index contributed by atoms with van der Waals surface area (Å²) in [5.74, 6) is -0.633. The molecule has 5 nitrogen and oxygen atoms in total. The van der Waals surface area contributed by atoms with Crippen molar-refractivity contribution >= 4 is 17.6 Å². The number of nitrogens with one attached hydrogen (secondary N) is 1. The van der Waals surface area contributed by atoms with Gasteiger partial charge in [-0.05, 0) is 0 Å². The van der Waals surface area contributed by atoms with E-state index >= 15 is 0 Å². The number of hydrogen-bond acceptors (Lipinski definition) is 3. The molecule has 1 heterocycles. The molecule has 0 atom stereocenters. The summed E-state index contributed by atoms with van der Waals surface area (Å²) in [5.41, 5.74) is 12.9. The molecule has 0 fully saturated rings. The Balaban J connectivity index is 2.71. The van der Waals surface area contributed by atoms with Crippen molar-refractivity contribution in [3.05, 3.63) is 28.8 Å². The van der Waals surface area contributed by atoms with Gasteiger partial charge < -0.3 is 16.9 Å². The maximum Gasteiger partial charge on any atom is 0.208 e. The number of nitrogens with zero attached hydrogens (tertiary/aromatic N) is 2. The Hall–Kier alpha value is -1.56. The van der Waals surface area contributed by atoms with Crippen LogP contribution in [0, 0.1) is 5.82 Å². The minimum atomic E-state index is -0.504. The fourth-order valence-corrected chi connectivity index (χ4v) is 1.03. The van der Waals surface area contributed by atoms with Gasteiger partial charge in [0.1, 0.15) is 5.82 Å². The Morgan fingerprint density at radius 3 is 2.86 bits per heavy atom. The van der Waals surface area contributed by atoms with Crippen molar-refractivity contribution in [2.24, 2.45) is 16.6 Å². The van der Waals surface area contributed by atoms with Gasteiger partial charge >= 0.3 is 0 Å². The largest absolute Gasteiger partial charge is 0.369 e. The van der Waals surface area contributed by atoms with Crippen molar-refractivity contribution in [1.29, 1.82) is 0 Å². The van der Waals surface area contributed by atoms with Gasteiger partial charge in [0.15, 0.2) is 0 Å². The molecule has 0 bridgehead atoms. The van der Waals surface area contributed by atoms with Gasteiger partial charge in [-0.3, -0.25) is 4.98 Å². The number of halogens is 2. The van der Waals surface area contributed by atoms with E-state index in [4.69, 9.17) is 23.1 Å². The lowest BCUT2D eigenvalue weighted by Gasteiger charge is -2.04. The predicted molar refractivity (Wildman–Crippen MR) is 51.9 cm³/mol. The van der Waals surface area contributed by atoms with Crippen LogP contribution >= 0.6 is 11.6 Å². The summed E-state index contributed by atoms with van der Waals surface area (Å²) in [6.07, 6.45) is 2.41. The number of hydrazone groups is 1. The smallest absolute Gasteiger partial charge is 0.208 e. The van der Waals surface area contributed by atoms with Crippen LogP contribution in [0.4, 0.5) is 4.39 Å². The third-order valence-corrected chi connectivity index (χ3v) is 1.74. The second-order valence-corrected chi connectivity index (χ2v) is 2.86. The third kappa shape index (κ3) is 2.74. The highest BCUT2D eigenvalue weighted by Crippen LogP contribution is 2.16. The van der Waals surface area contributed by atoms with E-state index < -0.39 is 5.82 Å². The minimum Gasteiger partial charge on any atom is -0.369 e. The molecule has 1 aromatic rings. The number of rotatable bonds is 3. The van der Waals surface area contributed by atoms with Gasteiger partial charge in [-0.15, -0.1) is 5.10 Å². The van der Waals surface area contributed by atoms with Crippen LogP contribution in [0.15, 0.2) is 17.5 Å². The maximum absolute atomic E-state index is 13.1. The average Bonchev–Trinajstić information content (AvgIpc) is 2.09. The van der Waals surface area contributed by atoms with Crippen molar-refractivity contribution in [2.75, 3.05) is 0 Å². The van der Waals surface area contributed by atoms with Crippen molar-refractivity contribution in [3.8, 4) is 0 Å². The molecule has 0 saturated heterocycles. The summed E-state index contributed by atoms with van der Waals surface area (Å²) in [4.78, 5) is 3.57. The van der Waals surface area contributed by atoms with Crippen molar-refractivity contribution < 1.29 is 4.39 Å². The van der Waals surface area contributed by atoms with Crippen LogP contribution < -0.4 is 16.9 Å². The highest BCUT2D eigenvalue weighted by molar-refractivity contribution is 6.31. The first kappa shape index (κ1) is 10.5. The maximum atomic E-state index is 13.1. The lowest BCUT2D eigenvalue weighted by Crippen LogP contribution is -2.26. The first-order valence-corrected chi connectivity index (χ1v) is 4.08. The standard InChI is InChI=1S/C7H9ClFN5/c8-5-2-12-3-6(9)4(5)1-13-14-7(10)11/h2-3,13H,1H2,(H4,10,11,14). The fourth-order valence-electron chi connectivity index (χ4n) is 0.817. The monoisotopic (exact) mass is 217 g/mol. The van der Waals surface area contributed by atoms with Crippen molar-refractivity contribution in [3.63, 3.8) is 0 Å². The predicted octanol–water partition coefficient (Wildman–Crippen LogP) is 0.152. The molecular formula is C7H9ClFN5. The van der Waals surface area contributed by atoms with Crippen LogP contribution in [-0.4, -0.2) is 10.9 Å². The SMILES string of the molecule is NC(N)=NNCc1c(F)cncc1Cl. The Labute approximate surface area is 84.9 Å². The molecule has 76 valence electrons. The molecule has 0 unspecified atom stereocenters. The van der Waals surface area contributed by atoms with Gasteiger partial charge in [-0.2, -0.15) is 0 Å². The third-order valence-electron chi connectivity index (χ3n) is 1.42. The van der Waals surface area contributed by atoms with Crippen molar-refractivity contribution in [1.82, 2.24) is 10.4 Å². The van der Waals surface area contributed by atoms with Gasteiger partial charge in [0.05, 0.1) is 17.8 Å². The number of nitrogens with two attached hydrogens (primary N) is 2. The van der Waals surface area contributed by atoms with E-state index in [-0.39, 0.29) is 23.1 Å². The first-order valence-electron chi connectivity index (χ1n) is 3.70. The highest BCUT2D eigenvalue weighted by atomic mass is 35.5. The van der Waals surface area contributed by atoms with Crippen LogP contribution in [-0.2, 0) is 6.54 Å². The van der Waals surface area contributed by atoms with E-state index in [0.29, 0.717) is 0 Å². The normalized spacial score (nSPS) is 9.57. The second-order valence-electron chi connectivity index (χ2n) is 2.45. The fraction of sp³-hybridized carbons (Fsp3) is 0.143. The lowest BCUT2D eigenvalue weighted by molar-refractivity contribution is 0.588. The van der Waals surface area contributed by atoms with Crippen molar-refractivity contribution in [2.45, 2.75) is 6.54 Å². The molecular weight excluding hydrogens is 209 g/mol. The van der Waals surface area contributed by atoms with Crippen LogP contribution in [0.25, 0.3) is 0 Å². The molecule has 0 spiro atoms. The van der Waals surface area contributed by atoms with E-state index in [1.54, 1.807) is 0 Å². The summed E-state index contributed by atoms with van der Waals surface area (Å²) in [6, 6.07) is 0. The second kappa shape index (κ2) is 4.61. The minimum absolute atomic E-state index is 0.102. The van der Waals surface area contributed by atoms with Gasteiger partial charge in [-0.25, -0.2) is 4.39 Å². The number of hydrogen-bond donors (Lipinski definition) is 3. The van der Waals surface area contributed by atoms with E-state index in [9.17, 15) is 4.39 Å². The van der Waals surface area contributed by atoms with E-state index in [2.05, 4.69) is 15.5 Å². The summed E-state index contributed by atoms with van der Waals surface area (Å²) >= 11 is 5.69. The zero-order valence-electron chi connectivity index (χ0n) is 7.17. The quantitative estimate of drug-likeness (QED) is 0.382. The van der Waals surface area contributed by atoms with Gasteiger partial charge in [0.2, 0.25) is 5.96 Å². The Morgan fingerprint density at radius 2 is 2.29 bits per heavy atom. The number of guanidine groups is 1. The number of pyridine rings is 1. The van der Waals surface area contributed by atoms with Gasteiger partial charge in [-0.1, -0.05) is 11.6 Å². The molecule has 0 aliphatic carbocycles. The average molecular weight is 218 g/mol. The van der Waals surface area contributed by atoms with E-state index in [1.165, 1.54) is 6.20 Å². The van der Waals surface area contributed by atoms with Gasteiger partial charge in [0, 0.05) is 11.8 Å². The Morgan fingerprint density at radius 1 is 1.57 bits per heavy atom. The molecule has 7 heteroatoms. The lowest BCUT2D eigenvalue weighted by atomic mass is 10.2. The molecule has 1 rings (SSSR count). The van der Waals surface area contributed by atoms with Gasteiger partial charge in [0.25, 0.3) is 0 Å². The molecule has 0 radical (unpaired) electrons. The van der Waals surface area contributed by atoms with Crippen LogP contribution in [0.3, 0.4) is 0 Å². The van der Waals surface area contributed by atoms with Crippen LogP contribution in [0.1, 0.15) is 5.56 Å². The number of aromatic nitrogens is 1. The molecule has 5 N–H and O–H groups in total. The summed E-state index contributed by atoms with van der Waals surface area (Å²) in [6.45, 7) is 0.102. The van der Waals surface area contributed by atoms with E-state index in [1.807, 2.05) is 0 Å². The first-order chi connectivity index (χ1) is 6.61. The van der Waals surface area contributed by atoms with Crippen LogP contribution in [0.5, 0.6) is 0 Å².